The van der Waals surface area contributed by atoms with Crippen molar-refractivity contribution in [2.45, 2.75) is 4.90 Å². The molecule has 35 heavy (non-hydrogen) atoms. The molecule has 0 fully saturated rings. The Hall–Kier alpha value is -3.56. The molecule has 0 aliphatic heterocycles. The van der Waals surface area contributed by atoms with Gasteiger partial charge in [-0.05, 0) is 48.0 Å². The Kier molecular flexibility index (Phi) is 8.37. The lowest BCUT2D eigenvalue weighted by Crippen LogP contribution is -2.14. The average molecular weight is 520 g/mol. The molecule has 0 unspecified atom stereocenters. The summed E-state index contributed by atoms with van der Waals surface area (Å²) in [7, 11) is 3.66. The summed E-state index contributed by atoms with van der Waals surface area (Å²) in [6.07, 6.45) is 3.52. The van der Waals surface area contributed by atoms with Crippen molar-refractivity contribution in [1.29, 1.82) is 0 Å². The van der Waals surface area contributed by atoms with Crippen LogP contribution in [0.5, 0.6) is 28.7 Å². The zero-order valence-electron chi connectivity index (χ0n) is 19.9. The standard InChI is InChI=1S/C25H26ClNO7S/c1-30-21-14-17(7-6-16-12-23(32-3)25(34-5)24(13-16)33-4)20(15-22(21)31-2)27-35(28,29)19-10-8-18(26)9-11-19/h6-15,27H,1-5H3. The molecule has 0 aliphatic rings. The van der Waals surface area contributed by atoms with Crippen LogP contribution in [0.2, 0.25) is 5.02 Å². The molecule has 3 rings (SSSR count). The van der Waals surface area contributed by atoms with Crippen LogP contribution >= 0.6 is 11.6 Å². The smallest absolute Gasteiger partial charge is 0.261 e. The zero-order chi connectivity index (χ0) is 25.6. The van der Waals surface area contributed by atoms with Gasteiger partial charge in [0.15, 0.2) is 23.0 Å². The summed E-state index contributed by atoms with van der Waals surface area (Å²) in [5, 5.41) is 0.434. The second-order valence-electron chi connectivity index (χ2n) is 7.15. The van der Waals surface area contributed by atoms with E-state index in [0.29, 0.717) is 45.0 Å². The number of sulfonamides is 1. The van der Waals surface area contributed by atoms with Gasteiger partial charge in [-0.15, -0.1) is 0 Å². The van der Waals surface area contributed by atoms with Gasteiger partial charge in [0.2, 0.25) is 5.75 Å². The molecule has 0 heterocycles. The van der Waals surface area contributed by atoms with Crippen molar-refractivity contribution in [3.8, 4) is 28.7 Å². The molecule has 8 nitrogen and oxygen atoms in total. The molecule has 0 bridgehead atoms. The first kappa shape index (κ1) is 26.1. The molecule has 10 heteroatoms. The normalized spacial score (nSPS) is 11.3. The summed E-state index contributed by atoms with van der Waals surface area (Å²) in [6, 6.07) is 12.7. The molecule has 0 amide bonds. The van der Waals surface area contributed by atoms with E-state index in [9.17, 15) is 8.42 Å². The Bertz CT molecular complexity index is 1300. The highest BCUT2D eigenvalue weighted by Crippen LogP contribution is 2.39. The Balaban J connectivity index is 2.08. The van der Waals surface area contributed by atoms with Crippen molar-refractivity contribution in [1.82, 2.24) is 0 Å². The van der Waals surface area contributed by atoms with Gasteiger partial charge in [0.1, 0.15) is 0 Å². The number of nitrogens with one attached hydrogen (secondary N) is 1. The highest BCUT2D eigenvalue weighted by Gasteiger charge is 2.18. The molecular formula is C25H26ClNO7S. The Morgan fingerprint density at radius 3 is 1.77 bits per heavy atom. The fourth-order valence-corrected chi connectivity index (χ4v) is 4.53. The largest absolute Gasteiger partial charge is 0.493 e. The van der Waals surface area contributed by atoms with E-state index in [1.54, 1.807) is 36.4 Å². The zero-order valence-corrected chi connectivity index (χ0v) is 21.5. The van der Waals surface area contributed by atoms with Gasteiger partial charge < -0.3 is 23.7 Å². The molecule has 3 aromatic carbocycles. The minimum absolute atomic E-state index is 0.0660. The first-order chi connectivity index (χ1) is 16.8. The van der Waals surface area contributed by atoms with Gasteiger partial charge in [0, 0.05) is 16.7 Å². The molecule has 0 spiro atoms. The second-order valence-corrected chi connectivity index (χ2v) is 9.26. The lowest BCUT2D eigenvalue weighted by atomic mass is 10.1. The monoisotopic (exact) mass is 519 g/mol. The van der Waals surface area contributed by atoms with Gasteiger partial charge >= 0.3 is 0 Å². The predicted octanol–water partition coefficient (Wildman–Crippen LogP) is 5.35. The third-order valence-corrected chi connectivity index (χ3v) is 6.70. The predicted molar refractivity (Wildman–Crippen MR) is 137 cm³/mol. The number of ether oxygens (including phenoxy) is 5. The van der Waals surface area contributed by atoms with Crippen LogP contribution in [-0.4, -0.2) is 44.0 Å². The maximum absolute atomic E-state index is 13.0. The van der Waals surface area contributed by atoms with Crippen LogP contribution < -0.4 is 28.4 Å². The highest BCUT2D eigenvalue weighted by atomic mass is 35.5. The molecule has 1 N–H and O–H groups in total. The number of rotatable bonds is 10. The topological polar surface area (TPSA) is 92.3 Å². The van der Waals surface area contributed by atoms with E-state index in [1.165, 1.54) is 59.8 Å². The second kappa shape index (κ2) is 11.2. The lowest BCUT2D eigenvalue weighted by Gasteiger charge is -2.15. The lowest BCUT2D eigenvalue weighted by molar-refractivity contribution is 0.324. The summed E-state index contributed by atoms with van der Waals surface area (Å²) in [5.74, 6) is 2.25. The van der Waals surface area contributed by atoms with Crippen LogP contribution in [-0.2, 0) is 10.0 Å². The van der Waals surface area contributed by atoms with Crippen molar-refractivity contribution < 1.29 is 32.1 Å². The van der Waals surface area contributed by atoms with E-state index in [1.807, 2.05) is 0 Å². The quantitative estimate of drug-likeness (QED) is 0.361. The van der Waals surface area contributed by atoms with Crippen LogP contribution in [0, 0.1) is 0 Å². The molecule has 0 saturated carbocycles. The highest BCUT2D eigenvalue weighted by molar-refractivity contribution is 7.92. The first-order valence-corrected chi connectivity index (χ1v) is 12.1. The summed E-state index contributed by atoms with van der Waals surface area (Å²) >= 11 is 5.90. The minimum Gasteiger partial charge on any atom is -0.493 e. The summed E-state index contributed by atoms with van der Waals surface area (Å²) in [4.78, 5) is 0.0660. The van der Waals surface area contributed by atoms with E-state index < -0.39 is 10.0 Å². The number of anilines is 1. The Morgan fingerprint density at radius 2 is 1.26 bits per heavy atom. The average Bonchev–Trinajstić information content (AvgIpc) is 2.86. The Morgan fingerprint density at radius 1 is 0.714 bits per heavy atom. The third-order valence-electron chi connectivity index (χ3n) is 5.07. The molecule has 0 aromatic heterocycles. The summed E-state index contributed by atoms with van der Waals surface area (Å²) < 4.78 is 55.6. The summed E-state index contributed by atoms with van der Waals surface area (Å²) in [6.45, 7) is 0. The number of hydrogen-bond donors (Lipinski definition) is 1. The molecule has 3 aromatic rings. The SMILES string of the molecule is COc1cc(C=Cc2cc(OC)c(OC)c(OC)c2)c(NS(=O)(=O)c2ccc(Cl)cc2)cc1OC. The van der Waals surface area contributed by atoms with Crippen molar-refractivity contribution in [3.63, 3.8) is 0 Å². The van der Waals surface area contributed by atoms with Crippen LogP contribution in [0.1, 0.15) is 11.1 Å². The summed E-state index contributed by atoms with van der Waals surface area (Å²) in [5.41, 5.74) is 1.57. The Labute approximate surface area is 210 Å². The van der Waals surface area contributed by atoms with Gasteiger partial charge in [-0.1, -0.05) is 23.8 Å². The number of hydrogen-bond acceptors (Lipinski definition) is 7. The maximum atomic E-state index is 13.0. The van der Waals surface area contributed by atoms with Gasteiger partial charge in [-0.2, -0.15) is 0 Å². The van der Waals surface area contributed by atoms with E-state index in [0.717, 1.165) is 5.56 Å². The molecule has 0 radical (unpaired) electrons. The number of benzene rings is 3. The van der Waals surface area contributed by atoms with Crippen LogP contribution in [0.3, 0.4) is 0 Å². The fraction of sp³-hybridized carbons (Fsp3) is 0.200. The van der Waals surface area contributed by atoms with Crippen LogP contribution in [0.15, 0.2) is 53.4 Å². The third kappa shape index (κ3) is 5.93. The van der Waals surface area contributed by atoms with Crippen LogP contribution in [0.4, 0.5) is 5.69 Å². The van der Waals surface area contributed by atoms with E-state index >= 15 is 0 Å². The van der Waals surface area contributed by atoms with E-state index in [-0.39, 0.29) is 4.90 Å². The van der Waals surface area contributed by atoms with Crippen LogP contribution in [0.25, 0.3) is 12.2 Å². The number of methoxy groups -OCH3 is 5. The molecule has 0 atom stereocenters. The molecule has 0 aliphatic carbocycles. The van der Waals surface area contributed by atoms with E-state index in [2.05, 4.69) is 4.72 Å². The van der Waals surface area contributed by atoms with Gasteiger partial charge in [0.25, 0.3) is 10.0 Å². The van der Waals surface area contributed by atoms with E-state index in [4.69, 9.17) is 35.3 Å². The van der Waals surface area contributed by atoms with Gasteiger partial charge in [0.05, 0.1) is 46.1 Å². The first-order valence-electron chi connectivity index (χ1n) is 10.3. The molecule has 186 valence electrons. The van der Waals surface area contributed by atoms with Crippen molar-refractivity contribution in [2.75, 3.05) is 40.3 Å². The number of halogens is 1. The van der Waals surface area contributed by atoms with Gasteiger partial charge in [-0.3, -0.25) is 4.72 Å². The molecular weight excluding hydrogens is 494 g/mol. The maximum Gasteiger partial charge on any atom is 0.261 e. The minimum atomic E-state index is -3.91. The van der Waals surface area contributed by atoms with Gasteiger partial charge in [-0.25, -0.2) is 8.42 Å². The molecule has 0 saturated heterocycles. The van der Waals surface area contributed by atoms with Crippen molar-refractivity contribution in [3.05, 3.63) is 64.7 Å². The van der Waals surface area contributed by atoms with Crippen molar-refractivity contribution >= 4 is 39.5 Å². The van der Waals surface area contributed by atoms with Crippen molar-refractivity contribution in [2.24, 2.45) is 0 Å². The fourth-order valence-electron chi connectivity index (χ4n) is 3.32.